The molecule has 0 aliphatic heterocycles. The first kappa shape index (κ1) is 14.1. The van der Waals surface area contributed by atoms with E-state index in [0.717, 1.165) is 0 Å². The average Bonchev–Trinajstić information content (AvgIpc) is 2.15. The Labute approximate surface area is 89.8 Å². The van der Waals surface area contributed by atoms with Gasteiger partial charge in [-0.05, 0) is 13.8 Å². The summed E-state index contributed by atoms with van der Waals surface area (Å²) in [4.78, 5) is 0. The van der Waals surface area contributed by atoms with E-state index in [-0.39, 0.29) is 6.54 Å². The minimum absolute atomic E-state index is 0.0801. The van der Waals surface area contributed by atoms with Gasteiger partial charge in [-0.3, -0.25) is 0 Å². The van der Waals surface area contributed by atoms with E-state index in [4.69, 9.17) is 21.1 Å². The van der Waals surface area contributed by atoms with Crippen molar-refractivity contribution in [3.8, 4) is 0 Å². The van der Waals surface area contributed by atoms with Crippen molar-refractivity contribution in [1.29, 1.82) is 0 Å². The number of rotatable bonds is 8. The summed E-state index contributed by atoms with van der Waals surface area (Å²) in [6.07, 6.45) is -0.553. The monoisotopic (exact) mass is 245 g/mol. The van der Waals surface area contributed by atoms with Crippen molar-refractivity contribution in [3.63, 3.8) is 0 Å². The maximum atomic E-state index is 11.0. The summed E-state index contributed by atoms with van der Waals surface area (Å²) in [7, 11) is -3.40. The number of hydrogen-bond donors (Lipinski definition) is 1. The highest BCUT2D eigenvalue weighted by atomic mass is 35.5. The third-order valence-electron chi connectivity index (χ3n) is 1.32. The lowest BCUT2D eigenvalue weighted by Gasteiger charge is -2.16. The summed E-state index contributed by atoms with van der Waals surface area (Å²) < 4.78 is 34.4. The number of nitrogens with one attached hydrogen (secondary N) is 1. The number of hydrogen-bond acceptors (Lipinski definition) is 4. The van der Waals surface area contributed by atoms with Crippen LogP contribution < -0.4 is 4.72 Å². The van der Waals surface area contributed by atoms with Crippen LogP contribution in [0.5, 0.6) is 0 Å². The second kappa shape index (κ2) is 7.42. The van der Waals surface area contributed by atoms with Gasteiger partial charge in [-0.2, -0.15) is 0 Å². The van der Waals surface area contributed by atoms with E-state index in [1.165, 1.54) is 0 Å². The maximum Gasteiger partial charge on any atom is 0.225 e. The first-order valence-corrected chi connectivity index (χ1v) is 6.50. The first-order chi connectivity index (χ1) is 6.55. The van der Waals surface area contributed by atoms with Crippen LogP contribution in [-0.4, -0.2) is 39.7 Å². The molecule has 86 valence electrons. The van der Waals surface area contributed by atoms with Crippen LogP contribution >= 0.6 is 11.6 Å². The highest BCUT2D eigenvalue weighted by Gasteiger charge is 2.13. The lowest BCUT2D eigenvalue weighted by atomic mass is 10.6. The summed E-state index contributed by atoms with van der Waals surface area (Å²) in [6.45, 7) is 4.63. The van der Waals surface area contributed by atoms with Gasteiger partial charge in [-0.15, -0.1) is 11.6 Å². The summed E-state index contributed by atoms with van der Waals surface area (Å²) in [6, 6.07) is 0. The second-order valence-electron chi connectivity index (χ2n) is 2.41. The van der Waals surface area contributed by atoms with Crippen LogP contribution in [0, 0.1) is 0 Å². The molecule has 0 fully saturated rings. The predicted octanol–water partition coefficient (Wildman–Crippen LogP) is 0.501. The van der Waals surface area contributed by atoms with Gasteiger partial charge in [-0.25, -0.2) is 13.1 Å². The molecule has 0 saturated carbocycles. The van der Waals surface area contributed by atoms with Crippen LogP contribution in [0.1, 0.15) is 13.8 Å². The van der Waals surface area contributed by atoms with Crippen molar-refractivity contribution in [3.05, 3.63) is 0 Å². The highest BCUT2D eigenvalue weighted by Crippen LogP contribution is 1.95. The minimum atomic E-state index is -3.40. The van der Waals surface area contributed by atoms with Crippen molar-refractivity contribution in [2.75, 3.05) is 25.0 Å². The van der Waals surface area contributed by atoms with Gasteiger partial charge in [0.05, 0.1) is 6.54 Å². The fourth-order valence-electron chi connectivity index (χ4n) is 0.771. The quantitative estimate of drug-likeness (QED) is 0.500. The molecule has 1 N–H and O–H groups in total. The molecule has 5 nitrogen and oxygen atoms in total. The van der Waals surface area contributed by atoms with Gasteiger partial charge in [-0.1, -0.05) is 0 Å². The molecule has 0 spiro atoms. The van der Waals surface area contributed by atoms with Crippen molar-refractivity contribution in [1.82, 2.24) is 4.72 Å². The van der Waals surface area contributed by atoms with Gasteiger partial charge >= 0.3 is 0 Å². The zero-order chi connectivity index (χ0) is 11.0. The van der Waals surface area contributed by atoms with Gasteiger partial charge in [0.25, 0.3) is 0 Å². The summed E-state index contributed by atoms with van der Waals surface area (Å²) in [5.74, 6) is 0. The van der Waals surface area contributed by atoms with E-state index < -0.39 is 21.5 Å². The number of halogens is 1. The van der Waals surface area contributed by atoms with E-state index in [1.807, 2.05) is 13.8 Å². The smallest absolute Gasteiger partial charge is 0.225 e. The van der Waals surface area contributed by atoms with Crippen LogP contribution in [0.2, 0.25) is 0 Å². The van der Waals surface area contributed by atoms with Gasteiger partial charge < -0.3 is 9.47 Å². The third-order valence-corrected chi connectivity index (χ3v) is 3.07. The Morgan fingerprint density at radius 1 is 1.29 bits per heavy atom. The standard InChI is InChI=1S/C7H16ClNO4S/c1-3-12-7(13-4-2)5-9-14(10,11)6-8/h7,9H,3-6H2,1-2H3. The van der Waals surface area contributed by atoms with Crippen molar-refractivity contribution >= 4 is 21.6 Å². The van der Waals surface area contributed by atoms with Crippen molar-refractivity contribution < 1.29 is 17.9 Å². The molecule has 0 rings (SSSR count). The van der Waals surface area contributed by atoms with E-state index in [0.29, 0.717) is 13.2 Å². The minimum Gasteiger partial charge on any atom is -0.352 e. The fraction of sp³-hybridized carbons (Fsp3) is 1.00. The van der Waals surface area contributed by atoms with Crippen LogP contribution in [0.15, 0.2) is 0 Å². The average molecular weight is 246 g/mol. The molecule has 0 amide bonds. The Hall–Kier alpha value is 0.120. The zero-order valence-corrected chi connectivity index (χ0v) is 9.90. The molecule has 0 atom stereocenters. The largest absolute Gasteiger partial charge is 0.352 e. The molecule has 0 aromatic rings. The molecule has 0 aliphatic rings. The maximum absolute atomic E-state index is 11.0. The van der Waals surface area contributed by atoms with Gasteiger partial charge in [0.1, 0.15) is 5.21 Å². The Morgan fingerprint density at radius 3 is 2.14 bits per heavy atom. The Bertz CT molecular complexity index is 226. The van der Waals surface area contributed by atoms with E-state index in [9.17, 15) is 8.42 Å². The second-order valence-corrected chi connectivity index (χ2v) is 4.80. The highest BCUT2D eigenvalue weighted by molar-refractivity contribution is 7.90. The van der Waals surface area contributed by atoms with Crippen molar-refractivity contribution in [2.45, 2.75) is 20.1 Å². The molecule has 14 heavy (non-hydrogen) atoms. The Kier molecular flexibility index (Phi) is 7.48. The lowest BCUT2D eigenvalue weighted by molar-refractivity contribution is -0.130. The van der Waals surface area contributed by atoms with Gasteiger partial charge in [0.2, 0.25) is 10.0 Å². The normalized spacial score (nSPS) is 12.3. The first-order valence-electron chi connectivity index (χ1n) is 4.32. The number of ether oxygens (including phenoxy) is 2. The fourth-order valence-corrected chi connectivity index (χ4v) is 1.47. The summed E-state index contributed by atoms with van der Waals surface area (Å²) in [5, 5.41) is -0.460. The SMILES string of the molecule is CCOC(CNS(=O)(=O)CCl)OCC. The van der Waals surface area contributed by atoms with E-state index >= 15 is 0 Å². The van der Waals surface area contributed by atoms with E-state index in [1.54, 1.807) is 0 Å². The molecular formula is C7H16ClNO4S. The number of sulfonamides is 1. The van der Waals surface area contributed by atoms with Crippen LogP contribution in [-0.2, 0) is 19.5 Å². The lowest BCUT2D eigenvalue weighted by Crippen LogP contribution is -2.35. The molecule has 7 heteroatoms. The predicted molar refractivity (Wildman–Crippen MR) is 54.7 cm³/mol. The molecule has 0 aromatic heterocycles. The van der Waals surface area contributed by atoms with Gasteiger partial charge in [0, 0.05) is 13.2 Å². The van der Waals surface area contributed by atoms with Crippen LogP contribution in [0.3, 0.4) is 0 Å². The summed E-state index contributed by atoms with van der Waals surface area (Å²) in [5.41, 5.74) is 0. The Morgan fingerprint density at radius 2 is 1.79 bits per heavy atom. The third kappa shape index (κ3) is 6.56. The Balaban J connectivity index is 3.92. The summed E-state index contributed by atoms with van der Waals surface area (Å²) >= 11 is 5.20. The zero-order valence-electron chi connectivity index (χ0n) is 8.32. The van der Waals surface area contributed by atoms with Crippen molar-refractivity contribution in [2.24, 2.45) is 0 Å². The molecular weight excluding hydrogens is 230 g/mol. The molecule has 0 bridgehead atoms. The molecule has 0 heterocycles. The number of alkyl halides is 1. The van der Waals surface area contributed by atoms with E-state index in [2.05, 4.69) is 4.72 Å². The molecule has 0 saturated heterocycles. The molecule has 0 unspecified atom stereocenters. The molecule has 0 aliphatic carbocycles. The topological polar surface area (TPSA) is 64.6 Å². The molecule has 0 radical (unpaired) electrons. The van der Waals surface area contributed by atoms with Crippen LogP contribution in [0.25, 0.3) is 0 Å². The van der Waals surface area contributed by atoms with Crippen LogP contribution in [0.4, 0.5) is 0 Å². The molecule has 0 aromatic carbocycles. The van der Waals surface area contributed by atoms with Gasteiger partial charge in [0.15, 0.2) is 6.29 Å².